The minimum Gasteiger partial charge on any atom is -0.377 e. The number of hydrogen-bond acceptors (Lipinski definition) is 5. The van der Waals surface area contributed by atoms with Gasteiger partial charge in [-0.1, -0.05) is 13.8 Å². The van der Waals surface area contributed by atoms with Crippen molar-refractivity contribution in [2.45, 2.75) is 58.7 Å². The Hall–Kier alpha value is -1.20. The monoisotopic (exact) mass is 292 g/mol. The third-order valence-corrected chi connectivity index (χ3v) is 4.20. The van der Waals surface area contributed by atoms with Crippen molar-refractivity contribution in [1.82, 2.24) is 15.3 Å². The van der Waals surface area contributed by atoms with Crippen molar-refractivity contribution in [3.63, 3.8) is 0 Å². The van der Waals surface area contributed by atoms with E-state index in [9.17, 15) is 0 Å². The summed E-state index contributed by atoms with van der Waals surface area (Å²) in [5.74, 6) is 0.823. The average Bonchev–Trinajstić information content (AvgIpc) is 2.46. The molecule has 5 nitrogen and oxygen atoms in total. The molecule has 0 aliphatic carbocycles. The van der Waals surface area contributed by atoms with E-state index in [4.69, 9.17) is 9.72 Å². The zero-order chi connectivity index (χ0) is 15.5. The van der Waals surface area contributed by atoms with Crippen molar-refractivity contribution in [2.75, 3.05) is 25.1 Å². The molecule has 1 aliphatic rings. The molecule has 0 saturated carbocycles. The van der Waals surface area contributed by atoms with E-state index in [-0.39, 0.29) is 5.60 Å². The predicted molar refractivity (Wildman–Crippen MR) is 85.6 cm³/mol. The molecule has 21 heavy (non-hydrogen) atoms. The molecule has 2 heterocycles. The standard InChI is InChI=1S/C16H28N4O/c1-12(2)17-9-14-10-18-15(19-13(14)3)20-8-6-7-16(4,11-20)21-5/h10,12,17H,6-9,11H2,1-5H3. The topological polar surface area (TPSA) is 50.3 Å². The van der Waals surface area contributed by atoms with Gasteiger partial charge in [-0.3, -0.25) is 0 Å². The molecule has 5 heteroatoms. The number of anilines is 1. The molecule has 0 amide bonds. The second kappa shape index (κ2) is 6.71. The van der Waals surface area contributed by atoms with Crippen LogP contribution in [0.5, 0.6) is 0 Å². The molecule has 118 valence electrons. The highest BCUT2D eigenvalue weighted by molar-refractivity contribution is 5.34. The van der Waals surface area contributed by atoms with Crippen LogP contribution in [0.1, 0.15) is 44.9 Å². The van der Waals surface area contributed by atoms with E-state index in [1.54, 1.807) is 7.11 Å². The zero-order valence-electron chi connectivity index (χ0n) is 13.9. The summed E-state index contributed by atoms with van der Waals surface area (Å²) >= 11 is 0. The summed E-state index contributed by atoms with van der Waals surface area (Å²) in [4.78, 5) is 11.5. The largest absolute Gasteiger partial charge is 0.377 e. The lowest BCUT2D eigenvalue weighted by Crippen LogP contribution is -2.48. The molecule has 1 fully saturated rings. The van der Waals surface area contributed by atoms with Gasteiger partial charge in [0.05, 0.1) is 5.60 Å². The van der Waals surface area contributed by atoms with E-state index >= 15 is 0 Å². The number of ether oxygens (including phenoxy) is 1. The van der Waals surface area contributed by atoms with E-state index in [2.05, 4.69) is 42.9 Å². The van der Waals surface area contributed by atoms with Crippen LogP contribution in [-0.4, -0.2) is 41.8 Å². The summed E-state index contributed by atoms with van der Waals surface area (Å²) in [7, 11) is 1.79. The van der Waals surface area contributed by atoms with Crippen LogP contribution in [-0.2, 0) is 11.3 Å². The van der Waals surface area contributed by atoms with E-state index in [0.717, 1.165) is 44.1 Å². The summed E-state index contributed by atoms with van der Waals surface area (Å²) in [5, 5.41) is 3.41. The van der Waals surface area contributed by atoms with Crippen LogP contribution in [0.4, 0.5) is 5.95 Å². The predicted octanol–water partition coefficient (Wildman–Crippen LogP) is 2.29. The van der Waals surface area contributed by atoms with Crippen molar-refractivity contribution >= 4 is 5.95 Å². The fourth-order valence-corrected chi connectivity index (χ4v) is 2.66. The number of piperidine rings is 1. The van der Waals surface area contributed by atoms with Gasteiger partial charge in [-0.05, 0) is 26.7 Å². The van der Waals surface area contributed by atoms with Crippen LogP contribution in [0.15, 0.2) is 6.20 Å². The summed E-state index contributed by atoms with van der Waals surface area (Å²) in [5.41, 5.74) is 2.13. The number of methoxy groups -OCH3 is 1. The first-order valence-electron chi connectivity index (χ1n) is 7.79. The summed E-state index contributed by atoms with van der Waals surface area (Å²) < 4.78 is 5.64. The Labute approximate surface area is 128 Å². The molecule has 1 saturated heterocycles. The van der Waals surface area contributed by atoms with Crippen molar-refractivity contribution in [3.8, 4) is 0 Å². The zero-order valence-corrected chi connectivity index (χ0v) is 13.9. The third-order valence-electron chi connectivity index (χ3n) is 4.20. The Kier molecular flexibility index (Phi) is 5.17. The third kappa shape index (κ3) is 4.14. The fourth-order valence-electron chi connectivity index (χ4n) is 2.66. The highest BCUT2D eigenvalue weighted by atomic mass is 16.5. The Balaban J connectivity index is 2.09. The number of rotatable bonds is 5. The van der Waals surface area contributed by atoms with Gasteiger partial charge in [0, 0.05) is 50.2 Å². The Morgan fingerprint density at radius 2 is 2.24 bits per heavy atom. The van der Waals surface area contributed by atoms with Gasteiger partial charge in [-0.15, -0.1) is 0 Å². The second-order valence-electron chi connectivity index (χ2n) is 6.50. The molecule has 1 N–H and O–H groups in total. The van der Waals surface area contributed by atoms with Gasteiger partial charge in [-0.25, -0.2) is 9.97 Å². The van der Waals surface area contributed by atoms with Gasteiger partial charge in [0.25, 0.3) is 0 Å². The number of nitrogens with zero attached hydrogens (tertiary/aromatic N) is 3. The van der Waals surface area contributed by atoms with Crippen LogP contribution >= 0.6 is 0 Å². The molecular formula is C16H28N4O. The molecule has 1 aromatic heterocycles. The first-order valence-corrected chi connectivity index (χ1v) is 7.79. The second-order valence-corrected chi connectivity index (χ2v) is 6.50. The maximum atomic E-state index is 5.64. The first-order chi connectivity index (χ1) is 9.93. The lowest BCUT2D eigenvalue weighted by atomic mass is 9.95. The van der Waals surface area contributed by atoms with Gasteiger partial charge in [0.15, 0.2) is 0 Å². The molecule has 2 rings (SSSR count). The molecule has 1 unspecified atom stereocenters. The summed E-state index contributed by atoms with van der Waals surface area (Å²) in [6.45, 7) is 11.2. The van der Waals surface area contributed by atoms with Gasteiger partial charge in [0.1, 0.15) is 0 Å². The van der Waals surface area contributed by atoms with Crippen LogP contribution in [0, 0.1) is 6.92 Å². The molecule has 0 spiro atoms. The van der Waals surface area contributed by atoms with E-state index < -0.39 is 0 Å². The molecule has 0 aromatic carbocycles. The maximum Gasteiger partial charge on any atom is 0.225 e. The Bertz CT molecular complexity index is 477. The van der Waals surface area contributed by atoms with Crippen molar-refractivity contribution in [3.05, 3.63) is 17.5 Å². The van der Waals surface area contributed by atoms with Crippen LogP contribution < -0.4 is 10.2 Å². The average molecular weight is 292 g/mol. The lowest BCUT2D eigenvalue weighted by Gasteiger charge is -2.39. The maximum absolute atomic E-state index is 5.64. The number of aromatic nitrogens is 2. The molecule has 0 radical (unpaired) electrons. The van der Waals surface area contributed by atoms with Crippen molar-refractivity contribution < 1.29 is 4.74 Å². The normalized spacial score (nSPS) is 22.9. The Morgan fingerprint density at radius 1 is 1.48 bits per heavy atom. The minimum atomic E-state index is -0.0899. The van der Waals surface area contributed by atoms with Crippen LogP contribution in [0.2, 0.25) is 0 Å². The lowest BCUT2D eigenvalue weighted by molar-refractivity contribution is -0.00499. The van der Waals surface area contributed by atoms with Crippen molar-refractivity contribution in [1.29, 1.82) is 0 Å². The number of nitrogens with one attached hydrogen (secondary N) is 1. The number of aryl methyl sites for hydroxylation is 1. The summed E-state index contributed by atoms with van der Waals surface area (Å²) in [6.07, 6.45) is 4.16. The molecule has 1 aliphatic heterocycles. The summed E-state index contributed by atoms with van der Waals surface area (Å²) in [6, 6.07) is 0.466. The van der Waals surface area contributed by atoms with E-state index in [1.165, 1.54) is 5.56 Å². The van der Waals surface area contributed by atoms with Gasteiger partial charge < -0.3 is 15.0 Å². The highest BCUT2D eigenvalue weighted by Gasteiger charge is 2.31. The fraction of sp³-hybridized carbons (Fsp3) is 0.750. The van der Waals surface area contributed by atoms with Gasteiger partial charge in [0.2, 0.25) is 5.95 Å². The molecular weight excluding hydrogens is 264 g/mol. The SMILES string of the molecule is COC1(C)CCCN(c2ncc(CNC(C)C)c(C)n2)C1. The van der Waals surface area contributed by atoms with E-state index in [1.807, 2.05) is 6.20 Å². The highest BCUT2D eigenvalue weighted by Crippen LogP contribution is 2.26. The number of hydrogen-bond donors (Lipinski definition) is 1. The van der Waals surface area contributed by atoms with E-state index in [0.29, 0.717) is 6.04 Å². The van der Waals surface area contributed by atoms with Gasteiger partial charge >= 0.3 is 0 Å². The smallest absolute Gasteiger partial charge is 0.225 e. The molecule has 1 atom stereocenters. The molecule has 1 aromatic rings. The minimum absolute atomic E-state index is 0.0899. The Morgan fingerprint density at radius 3 is 2.86 bits per heavy atom. The van der Waals surface area contributed by atoms with Gasteiger partial charge in [-0.2, -0.15) is 0 Å². The quantitative estimate of drug-likeness (QED) is 0.902. The first kappa shape index (κ1) is 16.2. The van der Waals surface area contributed by atoms with Crippen LogP contribution in [0.25, 0.3) is 0 Å². The van der Waals surface area contributed by atoms with Crippen molar-refractivity contribution in [2.24, 2.45) is 0 Å². The van der Waals surface area contributed by atoms with Crippen LogP contribution in [0.3, 0.4) is 0 Å². The molecule has 0 bridgehead atoms.